The zero-order valence-electron chi connectivity index (χ0n) is 11.6. The highest BCUT2D eigenvalue weighted by atomic mass is 32.1. The van der Waals surface area contributed by atoms with Gasteiger partial charge in [0.05, 0.1) is 0 Å². The smallest absolute Gasteiger partial charge is 0.0112 e. The van der Waals surface area contributed by atoms with Crippen molar-refractivity contribution in [3.8, 4) is 0 Å². The molecule has 0 fully saturated rings. The van der Waals surface area contributed by atoms with Crippen molar-refractivity contribution in [2.75, 3.05) is 13.6 Å². The molecule has 17 heavy (non-hydrogen) atoms. The maximum Gasteiger partial charge on any atom is 0.0112 e. The molecule has 2 N–H and O–H groups in total. The molecule has 0 bridgehead atoms. The fourth-order valence-corrected chi connectivity index (χ4v) is 2.71. The van der Waals surface area contributed by atoms with Crippen molar-refractivity contribution in [3.63, 3.8) is 0 Å². The Morgan fingerprint density at radius 1 is 1.47 bits per heavy atom. The van der Waals surface area contributed by atoms with Gasteiger partial charge < -0.3 is 10.6 Å². The average Bonchev–Trinajstić information content (AvgIpc) is 2.68. The molecule has 0 aromatic carbocycles. The first-order valence-electron chi connectivity index (χ1n) is 6.40. The summed E-state index contributed by atoms with van der Waals surface area (Å²) in [7, 11) is 2.21. The molecule has 98 valence electrons. The first-order valence-corrected chi connectivity index (χ1v) is 7.28. The molecule has 0 aliphatic carbocycles. The molecule has 1 heterocycles. The highest BCUT2D eigenvalue weighted by molar-refractivity contribution is 7.09. The Labute approximate surface area is 110 Å². The standard InChI is InChI=1S/C14H26N2S/c1-12(11-13-7-5-10-17-13)16(4)9-6-8-14(2,3)15/h5,7,10,12H,6,8-9,11,15H2,1-4H3. The summed E-state index contributed by atoms with van der Waals surface area (Å²) in [5, 5.41) is 2.15. The topological polar surface area (TPSA) is 29.3 Å². The number of likely N-dealkylation sites (N-methyl/N-ethyl adjacent to an activating group) is 1. The van der Waals surface area contributed by atoms with Gasteiger partial charge in [-0.2, -0.15) is 0 Å². The highest BCUT2D eigenvalue weighted by Crippen LogP contribution is 2.14. The van der Waals surface area contributed by atoms with Gasteiger partial charge in [-0.15, -0.1) is 11.3 Å². The van der Waals surface area contributed by atoms with E-state index in [4.69, 9.17) is 5.73 Å². The van der Waals surface area contributed by atoms with Crippen molar-refractivity contribution < 1.29 is 0 Å². The zero-order chi connectivity index (χ0) is 12.9. The largest absolute Gasteiger partial charge is 0.326 e. The predicted octanol–water partition coefficient (Wildman–Crippen LogP) is 3.13. The van der Waals surface area contributed by atoms with Crippen LogP contribution in [0.5, 0.6) is 0 Å². The van der Waals surface area contributed by atoms with Crippen molar-refractivity contribution in [1.82, 2.24) is 4.90 Å². The van der Waals surface area contributed by atoms with E-state index in [1.54, 1.807) is 0 Å². The van der Waals surface area contributed by atoms with Crippen molar-refractivity contribution in [2.24, 2.45) is 5.73 Å². The van der Waals surface area contributed by atoms with Crippen LogP contribution in [0.4, 0.5) is 0 Å². The molecule has 0 radical (unpaired) electrons. The lowest BCUT2D eigenvalue weighted by atomic mass is 10.00. The molecule has 1 atom stereocenters. The number of hydrogen-bond acceptors (Lipinski definition) is 3. The summed E-state index contributed by atoms with van der Waals surface area (Å²) < 4.78 is 0. The summed E-state index contributed by atoms with van der Waals surface area (Å²) in [6, 6.07) is 4.95. The van der Waals surface area contributed by atoms with Crippen molar-refractivity contribution >= 4 is 11.3 Å². The fourth-order valence-electron chi connectivity index (χ4n) is 1.88. The van der Waals surface area contributed by atoms with Crippen LogP contribution in [0.15, 0.2) is 17.5 Å². The third-order valence-corrected chi connectivity index (χ3v) is 4.06. The summed E-state index contributed by atoms with van der Waals surface area (Å²) in [4.78, 5) is 3.91. The Morgan fingerprint density at radius 3 is 2.71 bits per heavy atom. The predicted molar refractivity (Wildman–Crippen MR) is 77.6 cm³/mol. The third kappa shape index (κ3) is 6.20. The minimum atomic E-state index is -0.0299. The first-order chi connectivity index (χ1) is 7.88. The minimum Gasteiger partial charge on any atom is -0.326 e. The van der Waals surface area contributed by atoms with Gasteiger partial charge >= 0.3 is 0 Å². The van der Waals surface area contributed by atoms with Crippen LogP contribution in [0, 0.1) is 0 Å². The van der Waals surface area contributed by atoms with Crippen LogP contribution in [0.1, 0.15) is 38.5 Å². The Hall–Kier alpha value is -0.380. The van der Waals surface area contributed by atoms with Crippen LogP contribution in [-0.2, 0) is 6.42 Å². The lowest BCUT2D eigenvalue weighted by Gasteiger charge is -2.26. The Bertz CT molecular complexity index is 301. The van der Waals surface area contributed by atoms with Crippen molar-refractivity contribution in [2.45, 2.75) is 51.6 Å². The van der Waals surface area contributed by atoms with Crippen LogP contribution in [0.3, 0.4) is 0 Å². The van der Waals surface area contributed by atoms with E-state index in [1.807, 2.05) is 11.3 Å². The van der Waals surface area contributed by atoms with E-state index in [2.05, 4.69) is 50.2 Å². The van der Waals surface area contributed by atoms with Crippen LogP contribution in [-0.4, -0.2) is 30.1 Å². The van der Waals surface area contributed by atoms with Crippen LogP contribution in [0.25, 0.3) is 0 Å². The summed E-state index contributed by atoms with van der Waals surface area (Å²) in [6.45, 7) is 7.63. The molecule has 3 heteroatoms. The maximum atomic E-state index is 5.99. The van der Waals surface area contributed by atoms with Gasteiger partial charge in [0.1, 0.15) is 0 Å². The summed E-state index contributed by atoms with van der Waals surface area (Å²) in [5.41, 5.74) is 5.96. The summed E-state index contributed by atoms with van der Waals surface area (Å²) >= 11 is 1.85. The monoisotopic (exact) mass is 254 g/mol. The molecule has 1 aromatic heterocycles. The zero-order valence-corrected chi connectivity index (χ0v) is 12.4. The molecule has 0 saturated carbocycles. The Morgan fingerprint density at radius 2 is 2.18 bits per heavy atom. The molecular weight excluding hydrogens is 228 g/mol. The number of thiophene rings is 1. The van der Waals surface area contributed by atoms with Gasteiger partial charge in [-0.05, 0) is 65.1 Å². The normalized spacial score (nSPS) is 14.2. The van der Waals surface area contributed by atoms with Gasteiger partial charge in [-0.3, -0.25) is 0 Å². The second-order valence-corrected chi connectivity index (χ2v) is 6.74. The summed E-state index contributed by atoms with van der Waals surface area (Å²) in [6.07, 6.45) is 3.41. The minimum absolute atomic E-state index is 0.0299. The molecule has 0 saturated heterocycles. The lowest BCUT2D eigenvalue weighted by molar-refractivity contribution is 0.244. The van der Waals surface area contributed by atoms with Gasteiger partial charge in [-0.25, -0.2) is 0 Å². The number of nitrogens with zero attached hydrogens (tertiary/aromatic N) is 1. The van der Waals surface area contributed by atoms with Gasteiger partial charge in [-0.1, -0.05) is 6.07 Å². The van der Waals surface area contributed by atoms with E-state index in [0.717, 1.165) is 19.4 Å². The average molecular weight is 254 g/mol. The Kier molecular flexibility index (Phi) is 5.63. The van der Waals surface area contributed by atoms with E-state index >= 15 is 0 Å². The molecule has 0 amide bonds. The number of rotatable bonds is 7. The van der Waals surface area contributed by atoms with Gasteiger partial charge in [0.25, 0.3) is 0 Å². The van der Waals surface area contributed by atoms with Gasteiger partial charge in [0.15, 0.2) is 0 Å². The first kappa shape index (κ1) is 14.7. The lowest BCUT2D eigenvalue weighted by Crippen LogP contribution is -2.35. The number of hydrogen-bond donors (Lipinski definition) is 1. The third-order valence-electron chi connectivity index (χ3n) is 3.16. The molecule has 1 unspecified atom stereocenters. The molecule has 0 aliphatic rings. The Balaban J connectivity index is 2.25. The SMILES string of the molecule is CC(Cc1cccs1)N(C)CCCC(C)(C)N. The van der Waals surface area contributed by atoms with Gasteiger partial charge in [0, 0.05) is 16.5 Å². The van der Waals surface area contributed by atoms with E-state index in [0.29, 0.717) is 6.04 Å². The van der Waals surface area contributed by atoms with Crippen molar-refractivity contribution in [3.05, 3.63) is 22.4 Å². The molecule has 0 spiro atoms. The molecule has 1 rings (SSSR count). The maximum absolute atomic E-state index is 5.99. The highest BCUT2D eigenvalue weighted by Gasteiger charge is 2.13. The molecular formula is C14H26N2S. The molecule has 0 aliphatic heterocycles. The van der Waals surface area contributed by atoms with Gasteiger partial charge in [0.2, 0.25) is 0 Å². The van der Waals surface area contributed by atoms with Crippen molar-refractivity contribution in [1.29, 1.82) is 0 Å². The second-order valence-electron chi connectivity index (χ2n) is 5.71. The van der Waals surface area contributed by atoms with E-state index in [-0.39, 0.29) is 5.54 Å². The van der Waals surface area contributed by atoms with E-state index < -0.39 is 0 Å². The van der Waals surface area contributed by atoms with Crippen LogP contribution >= 0.6 is 11.3 Å². The van der Waals surface area contributed by atoms with E-state index in [1.165, 1.54) is 11.3 Å². The summed E-state index contributed by atoms with van der Waals surface area (Å²) in [5.74, 6) is 0. The second kappa shape index (κ2) is 6.53. The fraction of sp³-hybridized carbons (Fsp3) is 0.714. The molecule has 2 nitrogen and oxygen atoms in total. The van der Waals surface area contributed by atoms with Crippen LogP contribution < -0.4 is 5.73 Å². The van der Waals surface area contributed by atoms with Crippen LogP contribution in [0.2, 0.25) is 0 Å². The molecule has 1 aromatic rings. The van der Waals surface area contributed by atoms with E-state index in [9.17, 15) is 0 Å². The number of nitrogens with two attached hydrogens (primary N) is 1. The quantitative estimate of drug-likeness (QED) is 0.810.